The molecule has 0 aliphatic carbocycles. The van der Waals surface area contributed by atoms with Gasteiger partial charge in [0.2, 0.25) is 5.91 Å². The van der Waals surface area contributed by atoms with Crippen molar-refractivity contribution in [2.24, 2.45) is 5.92 Å². The predicted molar refractivity (Wildman–Crippen MR) is 148 cm³/mol. The topological polar surface area (TPSA) is 61.9 Å². The van der Waals surface area contributed by atoms with Crippen LogP contribution in [0.5, 0.6) is 11.5 Å². The molecule has 1 saturated heterocycles. The number of piperazine rings is 1. The quantitative estimate of drug-likeness (QED) is 0.375. The van der Waals surface area contributed by atoms with Crippen LogP contribution in [0.25, 0.3) is 0 Å². The van der Waals surface area contributed by atoms with Gasteiger partial charge in [0.05, 0.1) is 0 Å². The van der Waals surface area contributed by atoms with E-state index in [9.17, 15) is 14.0 Å². The van der Waals surface area contributed by atoms with E-state index in [0.29, 0.717) is 48.3 Å². The van der Waals surface area contributed by atoms with Crippen molar-refractivity contribution in [2.45, 2.75) is 32.9 Å². The third-order valence-corrected chi connectivity index (χ3v) is 7.02. The number of carbonyl (C=O) groups excluding carboxylic acids is 2. The summed E-state index contributed by atoms with van der Waals surface area (Å²) in [4.78, 5) is 30.8. The Balaban J connectivity index is 1.74. The van der Waals surface area contributed by atoms with Crippen LogP contribution in [0.1, 0.15) is 31.0 Å². The highest BCUT2D eigenvalue weighted by Gasteiger charge is 2.37. The van der Waals surface area contributed by atoms with Gasteiger partial charge in [-0.3, -0.25) is 14.5 Å². The summed E-state index contributed by atoms with van der Waals surface area (Å²) >= 11 is 6.09. The maximum atomic E-state index is 14.1. The maximum Gasteiger partial charge on any atom is 0.250 e. The van der Waals surface area contributed by atoms with Crippen molar-refractivity contribution in [3.05, 3.63) is 89.7 Å². The fourth-order valence-electron chi connectivity index (χ4n) is 4.71. The average Bonchev–Trinajstić information content (AvgIpc) is 2.93. The van der Waals surface area contributed by atoms with Crippen molar-refractivity contribution in [2.75, 3.05) is 30.4 Å². The van der Waals surface area contributed by atoms with Crippen LogP contribution in [-0.4, -0.2) is 48.3 Å². The first-order valence-electron chi connectivity index (χ1n) is 12.8. The molecule has 8 heteroatoms. The Kier molecular flexibility index (Phi) is 9.02. The first-order chi connectivity index (χ1) is 18.3. The molecule has 6 nitrogen and oxygen atoms in total. The van der Waals surface area contributed by atoms with Crippen molar-refractivity contribution in [1.82, 2.24) is 10.2 Å². The minimum atomic E-state index is -1.01. The Morgan fingerprint density at radius 1 is 1.08 bits per heavy atom. The maximum absolute atomic E-state index is 14.1. The Labute approximate surface area is 228 Å². The Bertz CT molecular complexity index is 1250. The van der Waals surface area contributed by atoms with Gasteiger partial charge in [0.1, 0.15) is 29.2 Å². The van der Waals surface area contributed by atoms with Gasteiger partial charge in [0.15, 0.2) is 0 Å². The van der Waals surface area contributed by atoms with Crippen LogP contribution in [-0.2, 0) is 9.59 Å². The lowest BCUT2D eigenvalue weighted by atomic mass is 9.98. The summed E-state index contributed by atoms with van der Waals surface area (Å²) in [5.74, 6) is 0.220. The molecule has 3 aromatic rings. The van der Waals surface area contributed by atoms with Crippen molar-refractivity contribution >= 4 is 29.1 Å². The number of ether oxygens (including phenoxy) is 1. The number of amides is 2. The number of halogens is 2. The molecule has 4 rings (SSSR count). The number of carbonyl (C=O) groups is 2. The fourth-order valence-corrected chi connectivity index (χ4v) is 4.84. The first-order valence-corrected chi connectivity index (χ1v) is 13.3. The molecular weight excluding hydrogens is 505 g/mol. The van der Waals surface area contributed by atoms with E-state index in [1.807, 2.05) is 43.3 Å². The highest BCUT2D eigenvalue weighted by molar-refractivity contribution is 6.30. The van der Waals surface area contributed by atoms with Gasteiger partial charge in [-0.25, -0.2) is 4.39 Å². The molecule has 0 radical (unpaired) electrons. The zero-order valence-corrected chi connectivity index (χ0v) is 22.6. The molecule has 0 saturated carbocycles. The number of alkyl halides is 1. The zero-order valence-electron chi connectivity index (χ0n) is 21.9. The average molecular weight is 538 g/mol. The summed E-state index contributed by atoms with van der Waals surface area (Å²) in [6, 6.07) is 19.6. The van der Waals surface area contributed by atoms with Gasteiger partial charge >= 0.3 is 0 Å². The van der Waals surface area contributed by atoms with Crippen LogP contribution in [0, 0.1) is 18.7 Å². The predicted octanol–water partition coefficient (Wildman–Crippen LogP) is 5.70. The Morgan fingerprint density at radius 2 is 1.79 bits per heavy atom. The summed E-state index contributed by atoms with van der Waals surface area (Å²) in [5, 5.41) is 3.46. The molecule has 1 fully saturated rings. The summed E-state index contributed by atoms with van der Waals surface area (Å²) in [5.41, 5.74) is 1.78. The van der Waals surface area contributed by atoms with E-state index < -0.39 is 17.8 Å². The number of aryl methyl sites for hydroxylation is 1. The molecule has 0 spiro atoms. The molecule has 38 heavy (non-hydrogen) atoms. The summed E-state index contributed by atoms with van der Waals surface area (Å²) < 4.78 is 19.8. The molecule has 0 bridgehead atoms. The highest BCUT2D eigenvalue weighted by Crippen LogP contribution is 2.35. The molecule has 2 amide bonds. The molecule has 1 aliphatic rings. The lowest BCUT2D eigenvalue weighted by Gasteiger charge is -2.40. The Morgan fingerprint density at radius 3 is 2.42 bits per heavy atom. The van der Waals surface area contributed by atoms with Crippen LogP contribution in [0.15, 0.2) is 72.8 Å². The summed E-state index contributed by atoms with van der Waals surface area (Å²) in [6.07, 6.45) is 0. The van der Waals surface area contributed by atoms with Gasteiger partial charge in [-0.15, -0.1) is 11.6 Å². The van der Waals surface area contributed by atoms with Crippen LogP contribution < -0.4 is 15.0 Å². The van der Waals surface area contributed by atoms with Crippen molar-refractivity contribution in [3.63, 3.8) is 0 Å². The molecule has 0 aromatic heterocycles. The normalized spacial score (nSPS) is 16.3. The number of hydrogen-bond acceptors (Lipinski definition) is 4. The first kappa shape index (κ1) is 27.6. The third-order valence-electron chi connectivity index (χ3n) is 6.79. The van der Waals surface area contributed by atoms with Gasteiger partial charge < -0.3 is 15.0 Å². The number of rotatable bonds is 8. The largest absolute Gasteiger partial charge is 0.457 e. The van der Waals surface area contributed by atoms with E-state index >= 15 is 0 Å². The molecule has 200 valence electrons. The van der Waals surface area contributed by atoms with Crippen LogP contribution in [0.2, 0.25) is 0 Å². The number of anilines is 1. The van der Waals surface area contributed by atoms with Crippen LogP contribution in [0.3, 0.4) is 0 Å². The van der Waals surface area contributed by atoms with E-state index in [2.05, 4.69) is 19.2 Å². The zero-order chi connectivity index (χ0) is 27.2. The standard InChI is InChI=1S/C30H33ClFN3O3/c1-20(2)26-19-34(16-15-33-26)30(37)29(22-9-11-23(32)12-10-22)35(28(36)18-31)27-14-13-25(17-21(27)3)38-24-7-5-4-6-8-24/h4-14,17,20,26,29,33H,15-16,18-19H2,1-3H3/t26-,29+/m1/s1. The van der Waals surface area contributed by atoms with Crippen molar-refractivity contribution in [1.29, 1.82) is 0 Å². The lowest BCUT2D eigenvalue weighted by Crippen LogP contribution is -2.57. The van der Waals surface area contributed by atoms with E-state index in [0.717, 1.165) is 5.56 Å². The lowest BCUT2D eigenvalue weighted by molar-refractivity contribution is -0.135. The minimum absolute atomic E-state index is 0.134. The smallest absolute Gasteiger partial charge is 0.250 e. The molecule has 2 atom stereocenters. The molecule has 1 N–H and O–H groups in total. The van der Waals surface area contributed by atoms with E-state index in [-0.39, 0.29) is 17.8 Å². The third kappa shape index (κ3) is 6.34. The van der Waals surface area contributed by atoms with E-state index in [1.165, 1.54) is 17.0 Å². The van der Waals surface area contributed by atoms with Gasteiger partial charge in [-0.05, 0) is 66.4 Å². The number of nitrogens with one attached hydrogen (secondary N) is 1. The second-order valence-electron chi connectivity index (χ2n) is 9.80. The van der Waals surface area contributed by atoms with E-state index in [4.69, 9.17) is 16.3 Å². The Hall–Kier alpha value is -3.42. The van der Waals surface area contributed by atoms with Gasteiger partial charge in [-0.2, -0.15) is 0 Å². The second kappa shape index (κ2) is 12.4. The number of hydrogen-bond donors (Lipinski definition) is 1. The van der Waals surface area contributed by atoms with Crippen LogP contribution >= 0.6 is 11.6 Å². The molecule has 3 aromatic carbocycles. The minimum Gasteiger partial charge on any atom is -0.457 e. The van der Waals surface area contributed by atoms with Gasteiger partial charge in [-0.1, -0.05) is 44.2 Å². The SMILES string of the molecule is Cc1cc(Oc2ccccc2)ccc1N(C(=O)CCl)[C@H](C(=O)N1CCN[C@@H](C(C)C)C1)c1ccc(F)cc1. The number of para-hydroxylation sites is 1. The molecule has 1 aliphatic heterocycles. The number of nitrogens with zero attached hydrogens (tertiary/aromatic N) is 2. The monoisotopic (exact) mass is 537 g/mol. The van der Waals surface area contributed by atoms with Crippen molar-refractivity contribution < 1.29 is 18.7 Å². The van der Waals surface area contributed by atoms with E-state index in [1.54, 1.807) is 29.2 Å². The van der Waals surface area contributed by atoms with Crippen molar-refractivity contribution in [3.8, 4) is 11.5 Å². The van der Waals surface area contributed by atoms with Gasteiger partial charge in [0.25, 0.3) is 5.91 Å². The summed E-state index contributed by atoms with van der Waals surface area (Å²) in [6.45, 7) is 7.74. The highest BCUT2D eigenvalue weighted by atomic mass is 35.5. The summed E-state index contributed by atoms with van der Waals surface area (Å²) in [7, 11) is 0. The number of benzene rings is 3. The second-order valence-corrected chi connectivity index (χ2v) is 10.1. The molecule has 1 heterocycles. The molecular formula is C30H33ClFN3O3. The van der Waals surface area contributed by atoms with Crippen LogP contribution in [0.4, 0.5) is 10.1 Å². The molecule has 0 unspecified atom stereocenters. The fraction of sp³-hybridized carbons (Fsp3) is 0.333. The van der Waals surface area contributed by atoms with Gasteiger partial charge in [0, 0.05) is 31.4 Å².